The number of benzene rings is 2. The molecular weight excluding hydrogens is 429 g/mol. The topological polar surface area (TPSA) is 69.6 Å². The van der Waals surface area contributed by atoms with Gasteiger partial charge in [0.1, 0.15) is 5.82 Å². The van der Waals surface area contributed by atoms with Crippen LogP contribution < -0.4 is 5.32 Å². The second kappa shape index (κ2) is 11.8. The maximum Gasteiger partial charge on any atom is 0.303 e. The number of unbranched alkanes of at least 4 members (excludes halogenated alkanes) is 1. The molecule has 32 heavy (non-hydrogen) atoms. The van der Waals surface area contributed by atoms with Crippen molar-refractivity contribution in [3.8, 4) is 0 Å². The van der Waals surface area contributed by atoms with Crippen molar-refractivity contribution in [1.82, 2.24) is 5.32 Å². The number of aliphatic hydroxyl groups excluding tert-OH is 1. The largest absolute Gasteiger partial charge is 0.481 e. The van der Waals surface area contributed by atoms with Crippen molar-refractivity contribution in [2.45, 2.75) is 70.4 Å². The molecule has 1 atom stereocenters. The van der Waals surface area contributed by atoms with Crippen LogP contribution in [0.4, 0.5) is 4.39 Å². The Kier molecular flexibility index (Phi) is 9.68. The second-order valence-corrected chi connectivity index (χ2v) is 9.48. The minimum Gasteiger partial charge on any atom is -0.481 e. The number of aryl methyl sites for hydroxylation is 1. The van der Waals surface area contributed by atoms with Gasteiger partial charge in [-0.05, 0) is 81.0 Å². The van der Waals surface area contributed by atoms with E-state index in [-0.39, 0.29) is 30.9 Å². The molecular formula is C26H35ClFNO3. The minimum absolute atomic E-state index is 0. The van der Waals surface area contributed by atoms with E-state index < -0.39 is 17.9 Å². The number of aliphatic carboxylic acids is 1. The monoisotopic (exact) mass is 463 g/mol. The molecule has 0 saturated carbocycles. The summed E-state index contributed by atoms with van der Waals surface area (Å²) in [4.78, 5) is 10.6. The second-order valence-electron chi connectivity index (χ2n) is 9.48. The predicted molar refractivity (Wildman–Crippen MR) is 128 cm³/mol. The van der Waals surface area contributed by atoms with Crippen LogP contribution in [-0.4, -0.2) is 28.3 Å². The summed E-state index contributed by atoms with van der Waals surface area (Å²) in [6, 6.07) is 13.4. The SMILES string of the molecule is CC(C)(CC1Cc2ccccc2C1)NC[C@@H](O)c1cc(CCCCC(=O)O)ccc1F.Cl. The number of fused-ring (bicyclic) bond motifs is 1. The maximum atomic E-state index is 14.3. The lowest BCUT2D eigenvalue weighted by Crippen LogP contribution is -2.43. The van der Waals surface area contributed by atoms with E-state index in [1.54, 1.807) is 12.1 Å². The number of carboxylic acids is 1. The molecule has 0 heterocycles. The normalized spacial score (nSPS) is 14.6. The Labute approximate surface area is 196 Å². The van der Waals surface area contributed by atoms with Crippen molar-refractivity contribution in [2.24, 2.45) is 5.92 Å². The van der Waals surface area contributed by atoms with Gasteiger partial charge in [0.15, 0.2) is 0 Å². The number of β-amino-alcohol motifs (C(OH)–C–C–N with tert-alkyl or cyclic N) is 1. The van der Waals surface area contributed by atoms with Crippen LogP contribution in [0.25, 0.3) is 0 Å². The number of halogens is 2. The molecule has 176 valence electrons. The molecule has 6 heteroatoms. The quantitative estimate of drug-likeness (QED) is 0.398. The average Bonchev–Trinajstić information content (AvgIpc) is 3.12. The molecule has 2 aromatic carbocycles. The molecule has 1 aliphatic rings. The van der Waals surface area contributed by atoms with Crippen LogP contribution in [0.15, 0.2) is 42.5 Å². The highest BCUT2D eigenvalue weighted by Crippen LogP contribution is 2.32. The fourth-order valence-electron chi connectivity index (χ4n) is 4.68. The zero-order valence-corrected chi connectivity index (χ0v) is 19.8. The molecule has 4 nitrogen and oxygen atoms in total. The van der Waals surface area contributed by atoms with Crippen LogP contribution in [0.3, 0.4) is 0 Å². The maximum absolute atomic E-state index is 14.3. The number of aliphatic hydroxyl groups is 1. The molecule has 3 rings (SSSR count). The van der Waals surface area contributed by atoms with Crippen LogP contribution in [-0.2, 0) is 24.1 Å². The number of carbonyl (C=O) groups is 1. The van der Waals surface area contributed by atoms with Crippen molar-refractivity contribution >= 4 is 18.4 Å². The molecule has 0 amide bonds. The summed E-state index contributed by atoms with van der Waals surface area (Å²) in [7, 11) is 0. The van der Waals surface area contributed by atoms with E-state index in [1.807, 2.05) is 0 Å². The van der Waals surface area contributed by atoms with Gasteiger partial charge in [-0.25, -0.2) is 4.39 Å². The zero-order chi connectivity index (χ0) is 22.4. The molecule has 0 aliphatic heterocycles. The molecule has 1 aliphatic carbocycles. The molecule has 0 spiro atoms. The summed E-state index contributed by atoms with van der Waals surface area (Å²) in [6.07, 6.45) is 4.36. The van der Waals surface area contributed by atoms with Gasteiger partial charge in [-0.3, -0.25) is 4.79 Å². The van der Waals surface area contributed by atoms with E-state index in [4.69, 9.17) is 5.11 Å². The average molecular weight is 464 g/mol. The van der Waals surface area contributed by atoms with Crippen LogP contribution in [0.2, 0.25) is 0 Å². The third-order valence-electron chi connectivity index (χ3n) is 6.23. The molecule has 0 fully saturated rings. The van der Waals surface area contributed by atoms with Crippen LogP contribution in [0.1, 0.15) is 67.9 Å². The molecule has 0 saturated heterocycles. The zero-order valence-electron chi connectivity index (χ0n) is 18.9. The summed E-state index contributed by atoms with van der Waals surface area (Å²) in [6.45, 7) is 4.56. The molecule has 2 aromatic rings. The van der Waals surface area contributed by atoms with E-state index in [0.717, 1.165) is 31.2 Å². The van der Waals surface area contributed by atoms with Crippen molar-refractivity contribution < 1.29 is 19.4 Å². The Hall–Kier alpha value is -1.95. The predicted octanol–water partition coefficient (Wildman–Crippen LogP) is 5.25. The first-order valence-electron chi connectivity index (χ1n) is 11.2. The van der Waals surface area contributed by atoms with Crippen molar-refractivity contribution in [1.29, 1.82) is 0 Å². The van der Waals surface area contributed by atoms with E-state index in [9.17, 15) is 14.3 Å². The number of hydrogen-bond acceptors (Lipinski definition) is 3. The van der Waals surface area contributed by atoms with E-state index >= 15 is 0 Å². The van der Waals surface area contributed by atoms with Gasteiger partial charge in [0.05, 0.1) is 6.10 Å². The number of nitrogens with one attached hydrogen (secondary N) is 1. The first-order chi connectivity index (χ1) is 14.7. The Morgan fingerprint density at radius 3 is 2.44 bits per heavy atom. The van der Waals surface area contributed by atoms with Crippen molar-refractivity contribution in [2.75, 3.05) is 6.54 Å². The van der Waals surface area contributed by atoms with Gasteiger partial charge >= 0.3 is 5.97 Å². The van der Waals surface area contributed by atoms with Gasteiger partial charge in [0, 0.05) is 24.1 Å². The van der Waals surface area contributed by atoms with Gasteiger partial charge in [-0.1, -0.05) is 36.4 Å². The molecule has 0 radical (unpaired) electrons. The lowest BCUT2D eigenvalue weighted by Gasteiger charge is -2.30. The van der Waals surface area contributed by atoms with E-state index in [2.05, 4.69) is 43.4 Å². The summed E-state index contributed by atoms with van der Waals surface area (Å²) in [5.41, 5.74) is 3.92. The highest BCUT2D eigenvalue weighted by Gasteiger charge is 2.28. The van der Waals surface area contributed by atoms with E-state index in [0.29, 0.717) is 24.3 Å². The summed E-state index contributed by atoms with van der Waals surface area (Å²) in [5.74, 6) is -0.638. The molecule has 0 bridgehead atoms. The number of hydrogen-bond donors (Lipinski definition) is 3. The Morgan fingerprint density at radius 2 is 1.81 bits per heavy atom. The van der Waals surface area contributed by atoms with Crippen molar-refractivity contribution in [3.05, 3.63) is 70.5 Å². The highest BCUT2D eigenvalue weighted by molar-refractivity contribution is 5.85. The van der Waals surface area contributed by atoms with Gasteiger partial charge < -0.3 is 15.5 Å². The van der Waals surface area contributed by atoms with Crippen LogP contribution in [0, 0.1) is 11.7 Å². The van der Waals surface area contributed by atoms with Gasteiger partial charge in [0.2, 0.25) is 0 Å². The summed E-state index contributed by atoms with van der Waals surface area (Å²) >= 11 is 0. The lowest BCUT2D eigenvalue weighted by molar-refractivity contribution is -0.137. The Balaban J connectivity index is 0.00000363. The standard InChI is InChI=1S/C26H34FNO3.ClH/c1-26(2,16-19-13-20-8-4-5-9-21(20)14-19)28-17-24(29)22-15-18(11-12-23(22)27)7-3-6-10-25(30)31;/h4-5,8-9,11-12,15,19,24,28-29H,3,6-7,10,13-14,16-17H2,1-2H3,(H,30,31);1H/t24-;/m1./s1. The van der Waals surface area contributed by atoms with Gasteiger partial charge in [-0.2, -0.15) is 0 Å². The number of rotatable bonds is 11. The van der Waals surface area contributed by atoms with Crippen molar-refractivity contribution in [3.63, 3.8) is 0 Å². The first kappa shape index (κ1) is 26.3. The lowest BCUT2D eigenvalue weighted by atomic mass is 9.88. The van der Waals surface area contributed by atoms with Gasteiger partial charge in [0.25, 0.3) is 0 Å². The smallest absolute Gasteiger partial charge is 0.303 e. The van der Waals surface area contributed by atoms with Crippen LogP contribution in [0.5, 0.6) is 0 Å². The Bertz CT molecular complexity index is 877. The van der Waals surface area contributed by atoms with Crippen LogP contribution >= 0.6 is 12.4 Å². The highest BCUT2D eigenvalue weighted by atomic mass is 35.5. The first-order valence-corrected chi connectivity index (χ1v) is 11.2. The minimum atomic E-state index is -0.931. The van der Waals surface area contributed by atoms with Gasteiger partial charge in [-0.15, -0.1) is 12.4 Å². The third-order valence-corrected chi connectivity index (χ3v) is 6.23. The van der Waals surface area contributed by atoms with E-state index in [1.165, 1.54) is 17.2 Å². The fraction of sp³-hybridized carbons (Fsp3) is 0.500. The molecule has 0 unspecified atom stereocenters. The molecule has 3 N–H and O–H groups in total. The fourth-order valence-corrected chi connectivity index (χ4v) is 4.68. The Morgan fingerprint density at radius 1 is 1.16 bits per heavy atom. The third kappa shape index (κ3) is 7.58. The summed E-state index contributed by atoms with van der Waals surface area (Å²) < 4.78 is 14.3. The summed E-state index contributed by atoms with van der Waals surface area (Å²) in [5, 5.41) is 22.8. The molecule has 0 aromatic heterocycles. The number of carboxylic acid groups (broad SMARTS) is 1.